The van der Waals surface area contributed by atoms with Gasteiger partial charge in [0.15, 0.2) is 16.6 Å². The van der Waals surface area contributed by atoms with Crippen LogP contribution in [0.4, 0.5) is 0 Å². The second-order valence-electron chi connectivity index (χ2n) is 8.24. The van der Waals surface area contributed by atoms with Gasteiger partial charge in [0.05, 0.1) is 0 Å². The van der Waals surface area contributed by atoms with Gasteiger partial charge >= 0.3 is 0 Å². The van der Waals surface area contributed by atoms with Crippen LogP contribution in [-0.2, 0) is 4.12 Å². The van der Waals surface area contributed by atoms with Gasteiger partial charge in [-0.15, -0.1) is 0 Å². The molecule has 0 aliphatic heterocycles. The van der Waals surface area contributed by atoms with Crippen LogP contribution in [0.2, 0.25) is 38.3 Å². The van der Waals surface area contributed by atoms with E-state index in [-0.39, 0.29) is 0 Å². The van der Waals surface area contributed by atoms with Gasteiger partial charge in [-0.2, -0.15) is 0 Å². The Morgan fingerprint density at radius 1 is 0.560 bits per heavy atom. The molecule has 0 aliphatic rings. The Kier molecular flexibility index (Phi) is 15.5. The molecule has 4 N–H and O–H groups in total. The van der Waals surface area contributed by atoms with Crippen LogP contribution in [0.25, 0.3) is 0 Å². The third-order valence-electron chi connectivity index (χ3n) is 4.38. The van der Waals surface area contributed by atoms with Crippen molar-refractivity contribution in [1.82, 2.24) is 21.3 Å². The summed E-state index contributed by atoms with van der Waals surface area (Å²) in [6.07, 6.45) is 4.90. The first-order valence-electron chi connectivity index (χ1n) is 10.2. The molecule has 0 heterocycles. The van der Waals surface area contributed by atoms with E-state index in [2.05, 4.69) is 47.5 Å². The molecule has 5 nitrogen and oxygen atoms in total. The monoisotopic (exact) mass is 390 g/mol. The predicted octanol–water partition coefficient (Wildman–Crippen LogP) is 2.59. The molecule has 0 radical (unpaired) electrons. The molecule has 0 fully saturated rings. The fourth-order valence-corrected chi connectivity index (χ4v) is 12.0. The SMILES string of the molecule is CNCCCNCCC[Si](C)(C)O[Si](C)(C)CCCNCCCNC. The first-order valence-corrected chi connectivity index (χ1v) is 16.5. The summed E-state index contributed by atoms with van der Waals surface area (Å²) in [4.78, 5) is 0. The summed E-state index contributed by atoms with van der Waals surface area (Å²) >= 11 is 0. The summed E-state index contributed by atoms with van der Waals surface area (Å²) in [5.41, 5.74) is 0. The zero-order chi connectivity index (χ0) is 19.0. The third-order valence-corrected chi connectivity index (χ3v) is 11.9. The first kappa shape index (κ1) is 25.2. The molecule has 152 valence electrons. The van der Waals surface area contributed by atoms with E-state index in [1.165, 1.54) is 37.8 Å². The zero-order valence-corrected chi connectivity index (χ0v) is 19.9. The largest absolute Gasteiger partial charge is 0.455 e. The van der Waals surface area contributed by atoms with E-state index < -0.39 is 16.6 Å². The van der Waals surface area contributed by atoms with Crippen molar-refractivity contribution < 1.29 is 4.12 Å². The lowest BCUT2D eigenvalue weighted by Crippen LogP contribution is -2.44. The molecule has 0 aliphatic carbocycles. The molecular weight excluding hydrogens is 344 g/mol. The summed E-state index contributed by atoms with van der Waals surface area (Å²) in [6, 6.07) is 2.54. The highest BCUT2D eigenvalue weighted by Crippen LogP contribution is 2.23. The number of hydrogen-bond acceptors (Lipinski definition) is 5. The van der Waals surface area contributed by atoms with Crippen molar-refractivity contribution in [1.29, 1.82) is 0 Å². The minimum absolute atomic E-state index is 1.10. The maximum atomic E-state index is 6.72. The highest BCUT2D eigenvalue weighted by molar-refractivity contribution is 6.84. The van der Waals surface area contributed by atoms with Gasteiger partial charge in [0.1, 0.15) is 0 Å². The highest BCUT2D eigenvalue weighted by Gasteiger charge is 2.32. The topological polar surface area (TPSA) is 57.4 Å². The van der Waals surface area contributed by atoms with Crippen LogP contribution in [0.1, 0.15) is 25.7 Å². The summed E-state index contributed by atoms with van der Waals surface area (Å²) in [6.45, 7) is 16.3. The second kappa shape index (κ2) is 15.3. The van der Waals surface area contributed by atoms with Crippen LogP contribution >= 0.6 is 0 Å². The molecule has 0 saturated heterocycles. The molecule has 0 atom stereocenters. The number of nitrogens with one attached hydrogen (secondary N) is 4. The quantitative estimate of drug-likeness (QED) is 0.214. The average molecular weight is 391 g/mol. The van der Waals surface area contributed by atoms with Gasteiger partial charge < -0.3 is 25.4 Å². The summed E-state index contributed by atoms with van der Waals surface area (Å²) in [5.74, 6) is 0. The normalized spacial score (nSPS) is 12.7. The van der Waals surface area contributed by atoms with Gasteiger partial charge in [0, 0.05) is 0 Å². The van der Waals surface area contributed by atoms with Crippen molar-refractivity contribution in [2.45, 2.75) is 64.0 Å². The Balaban J connectivity index is 3.77. The molecule has 0 rings (SSSR count). The van der Waals surface area contributed by atoms with Crippen molar-refractivity contribution in [3.63, 3.8) is 0 Å². The lowest BCUT2D eigenvalue weighted by Gasteiger charge is -2.34. The van der Waals surface area contributed by atoms with E-state index >= 15 is 0 Å². The Hall–Kier alpha value is 0.234. The molecular formula is C18H46N4OSi2. The second-order valence-corrected chi connectivity index (χ2v) is 17.1. The van der Waals surface area contributed by atoms with Crippen LogP contribution in [0.5, 0.6) is 0 Å². The molecule has 0 aromatic rings. The Labute approximate surface area is 159 Å². The standard InChI is InChI=1S/C18H46N4OSi2/c1-19-11-7-13-21-15-9-17-24(3,4)23-25(5,6)18-10-16-22-14-8-12-20-2/h19-22H,7-18H2,1-6H3. The van der Waals surface area contributed by atoms with Crippen molar-refractivity contribution in [3.8, 4) is 0 Å². The van der Waals surface area contributed by atoms with Gasteiger partial charge in [-0.1, -0.05) is 0 Å². The van der Waals surface area contributed by atoms with Crippen molar-refractivity contribution >= 4 is 16.6 Å². The van der Waals surface area contributed by atoms with Crippen molar-refractivity contribution in [2.75, 3.05) is 53.4 Å². The highest BCUT2D eigenvalue weighted by atomic mass is 28.4. The van der Waals surface area contributed by atoms with Gasteiger partial charge in [0.25, 0.3) is 0 Å². The zero-order valence-electron chi connectivity index (χ0n) is 17.9. The predicted molar refractivity (Wildman–Crippen MR) is 118 cm³/mol. The molecule has 7 heteroatoms. The molecule has 0 unspecified atom stereocenters. The Morgan fingerprint density at radius 2 is 0.920 bits per heavy atom. The van der Waals surface area contributed by atoms with E-state index in [0.29, 0.717) is 0 Å². The summed E-state index contributed by atoms with van der Waals surface area (Å²) in [5, 5.41) is 13.5. The number of rotatable bonds is 18. The van der Waals surface area contributed by atoms with Crippen LogP contribution in [0, 0.1) is 0 Å². The molecule has 0 bridgehead atoms. The van der Waals surface area contributed by atoms with Crippen LogP contribution in [-0.4, -0.2) is 70.0 Å². The summed E-state index contributed by atoms with van der Waals surface area (Å²) in [7, 11) is 0.983. The molecule has 25 heavy (non-hydrogen) atoms. The van der Waals surface area contributed by atoms with E-state index in [4.69, 9.17) is 4.12 Å². The lowest BCUT2D eigenvalue weighted by atomic mass is 10.4. The lowest BCUT2D eigenvalue weighted by molar-refractivity contribution is 0.522. The van der Waals surface area contributed by atoms with Gasteiger partial charge in [-0.3, -0.25) is 0 Å². The molecule has 0 spiro atoms. The van der Waals surface area contributed by atoms with E-state index in [0.717, 1.165) is 39.3 Å². The number of hydrogen-bond donors (Lipinski definition) is 4. The fraction of sp³-hybridized carbons (Fsp3) is 1.00. The van der Waals surface area contributed by atoms with E-state index in [1.807, 2.05) is 14.1 Å². The summed E-state index contributed by atoms with van der Waals surface area (Å²) < 4.78 is 6.72. The average Bonchev–Trinajstić information content (AvgIpc) is 2.52. The van der Waals surface area contributed by atoms with E-state index in [9.17, 15) is 0 Å². The molecule has 0 aromatic carbocycles. The van der Waals surface area contributed by atoms with Crippen LogP contribution < -0.4 is 21.3 Å². The van der Waals surface area contributed by atoms with Gasteiger partial charge in [-0.25, -0.2) is 0 Å². The first-order chi connectivity index (χ1) is 11.8. The molecule has 0 amide bonds. The van der Waals surface area contributed by atoms with Crippen LogP contribution in [0.3, 0.4) is 0 Å². The maximum absolute atomic E-state index is 6.72. The smallest absolute Gasteiger partial charge is 0.173 e. The molecule has 0 saturated carbocycles. The van der Waals surface area contributed by atoms with Gasteiger partial charge in [0.2, 0.25) is 0 Å². The Bertz CT molecular complexity index is 277. The third kappa shape index (κ3) is 17.4. The maximum Gasteiger partial charge on any atom is 0.173 e. The minimum Gasteiger partial charge on any atom is -0.455 e. The van der Waals surface area contributed by atoms with Gasteiger partial charge in [-0.05, 0) is 117 Å². The minimum atomic E-state index is -1.52. The van der Waals surface area contributed by atoms with E-state index in [1.54, 1.807) is 0 Å². The molecule has 0 aromatic heterocycles. The van der Waals surface area contributed by atoms with Crippen molar-refractivity contribution in [2.24, 2.45) is 0 Å². The van der Waals surface area contributed by atoms with Crippen molar-refractivity contribution in [3.05, 3.63) is 0 Å². The Morgan fingerprint density at radius 3 is 1.28 bits per heavy atom. The fourth-order valence-electron chi connectivity index (χ4n) is 3.16. The van der Waals surface area contributed by atoms with Crippen LogP contribution in [0.15, 0.2) is 0 Å².